The van der Waals surface area contributed by atoms with Crippen molar-refractivity contribution in [2.75, 3.05) is 6.61 Å². The zero-order valence-electron chi connectivity index (χ0n) is 12.1. The van der Waals surface area contributed by atoms with Gasteiger partial charge in [-0.1, -0.05) is 18.6 Å². The van der Waals surface area contributed by atoms with Crippen molar-refractivity contribution in [1.29, 1.82) is 0 Å². The minimum absolute atomic E-state index is 0.154. The lowest BCUT2D eigenvalue weighted by Crippen LogP contribution is -2.00. The first-order valence-electron chi connectivity index (χ1n) is 6.85. The summed E-state index contributed by atoms with van der Waals surface area (Å²) in [6.07, 6.45) is 0.948. The molecule has 0 aliphatic rings. The summed E-state index contributed by atoms with van der Waals surface area (Å²) in [5, 5.41) is 9.21. The Kier molecular flexibility index (Phi) is 4.82. The molecule has 0 unspecified atom stereocenters. The summed E-state index contributed by atoms with van der Waals surface area (Å²) >= 11 is 0. The summed E-state index contributed by atoms with van der Waals surface area (Å²) in [7, 11) is 0. The van der Waals surface area contributed by atoms with E-state index in [1.165, 1.54) is 0 Å². The molecule has 0 aliphatic heterocycles. The summed E-state index contributed by atoms with van der Waals surface area (Å²) in [5.41, 5.74) is 1.03. The summed E-state index contributed by atoms with van der Waals surface area (Å²) < 4.78 is 11.1. The molecule has 2 rings (SSSR count). The second kappa shape index (κ2) is 6.79. The standard InChI is InChI=1S/C17H18O4/c1-3-10-20-13-5-7-14(8-6-13)21-16-9-4-12(2)11-15(16)17(18)19/h4-9,11H,3,10H2,1-2H3,(H,18,19). The first-order chi connectivity index (χ1) is 10.1. The van der Waals surface area contributed by atoms with Crippen LogP contribution in [0.2, 0.25) is 0 Å². The highest BCUT2D eigenvalue weighted by atomic mass is 16.5. The van der Waals surface area contributed by atoms with E-state index in [1.54, 1.807) is 36.4 Å². The highest BCUT2D eigenvalue weighted by Crippen LogP contribution is 2.27. The van der Waals surface area contributed by atoms with E-state index >= 15 is 0 Å². The molecule has 0 fully saturated rings. The lowest BCUT2D eigenvalue weighted by atomic mass is 10.1. The molecule has 4 heteroatoms. The van der Waals surface area contributed by atoms with Gasteiger partial charge in [0.15, 0.2) is 0 Å². The highest BCUT2D eigenvalue weighted by molar-refractivity contribution is 5.91. The molecule has 0 heterocycles. The van der Waals surface area contributed by atoms with Crippen LogP contribution in [-0.4, -0.2) is 17.7 Å². The van der Waals surface area contributed by atoms with Gasteiger partial charge in [0.2, 0.25) is 0 Å². The van der Waals surface area contributed by atoms with Crippen LogP contribution in [-0.2, 0) is 0 Å². The van der Waals surface area contributed by atoms with E-state index in [0.29, 0.717) is 18.1 Å². The van der Waals surface area contributed by atoms with Crippen molar-refractivity contribution in [3.05, 3.63) is 53.6 Å². The quantitative estimate of drug-likeness (QED) is 0.861. The Hall–Kier alpha value is -2.49. The SMILES string of the molecule is CCCOc1ccc(Oc2ccc(C)cc2C(=O)O)cc1. The van der Waals surface area contributed by atoms with Crippen LogP contribution < -0.4 is 9.47 Å². The average Bonchev–Trinajstić information content (AvgIpc) is 2.48. The molecular formula is C17H18O4. The zero-order chi connectivity index (χ0) is 15.2. The minimum Gasteiger partial charge on any atom is -0.494 e. The number of aryl methyl sites for hydroxylation is 1. The molecule has 0 radical (unpaired) electrons. The van der Waals surface area contributed by atoms with Gasteiger partial charge < -0.3 is 14.6 Å². The Bertz CT molecular complexity index is 617. The second-order valence-corrected chi connectivity index (χ2v) is 4.73. The van der Waals surface area contributed by atoms with E-state index < -0.39 is 5.97 Å². The molecule has 110 valence electrons. The number of carbonyl (C=O) groups is 1. The third kappa shape index (κ3) is 3.99. The molecule has 0 atom stereocenters. The van der Waals surface area contributed by atoms with Gasteiger partial charge in [-0.2, -0.15) is 0 Å². The zero-order valence-corrected chi connectivity index (χ0v) is 12.1. The monoisotopic (exact) mass is 286 g/mol. The molecule has 4 nitrogen and oxygen atoms in total. The number of hydrogen-bond acceptors (Lipinski definition) is 3. The van der Waals surface area contributed by atoms with Gasteiger partial charge in [0.05, 0.1) is 6.61 Å². The predicted molar refractivity (Wildman–Crippen MR) is 80.4 cm³/mol. The van der Waals surface area contributed by atoms with Crippen LogP contribution in [0.3, 0.4) is 0 Å². The highest BCUT2D eigenvalue weighted by Gasteiger charge is 2.12. The first kappa shape index (κ1) is 14.9. The molecule has 2 aromatic rings. The molecule has 2 aromatic carbocycles. The predicted octanol–water partition coefficient (Wildman–Crippen LogP) is 4.27. The maximum atomic E-state index is 11.2. The number of rotatable bonds is 6. The number of aromatic carboxylic acids is 1. The van der Waals surface area contributed by atoms with E-state index in [9.17, 15) is 9.90 Å². The third-order valence-corrected chi connectivity index (χ3v) is 2.89. The smallest absolute Gasteiger partial charge is 0.339 e. The fourth-order valence-corrected chi connectivity index (χ4v) is 1.85. The molecule has 0 saturated carbocycles. The van der Waals surface area contributed by atoms with Crippen LogP contribution in [0.15, 0.2) is 42.5 Å². The van der Waals surface area contributed by atoms with Crippen LogP contribution in [0.4, 0.5) is 0 Å². The van der Waals surface area contributed by atoms with E-state index in [-0.39, 0.29) is 5.56 Å². The lowest BCUT2D eigenvalue weighted by Gasteiger charge is -2.10. The van der Waals surface area contributed by atoms with Crippen molar-refractivity contribution in [2.24, 2.45) is 0 Å². The normalized spacial score (nSPS) is 10.2. The van der Waals surface area contributed by atoms with Crippen molar-refractivity contribution in [1.82, 2.24) is 0 Å². The summed E-state index contributed by atoms with van der Waals surface area (Å²) in [6, 6.07) is 12.2. The van der Waals surface area contributed by atoms with Gasteiger partial charge >= 0.3 is 5.97 Å². The number of carboxylic acids is 1. The van der Waals surface area contributed by atoms with Gasteiger partial charge in [0.25, 0.3) is 0 Å². The fraction of sp³-hybridized carbons (Fsp3) is 0.235. The molecule has 0 bridgehead atoms. The molecule has 0 amide bonds. The summed E-state index contributed by atoms with van der Waals surface area (Å²) in [6.45, 7) is 4.56. The molecule has 0 spiro atoms. The molecule has 0 aromatic heterocycles. The number of hydrogen-bond donors (Lipinski definition) is 1. The van der Waals surface area contributed by atoms with Gasteiger partial charge in [-0.25, -0.2) is 4.79 Å². The first-order valence-corrected chi connectivity index (χ1v) is 6.85. The van der Waals surface area contributed by atoms with Gasteiger partial charge in [-0.15, -0.1) is 0 Å². The lowest BCUT2D eigenvalue weighted by molar-refractivity contribution is 0.0694. The van der Waals surface area contributed by atoms with E-state index in [4.69, 9.17) is 9.47 Å². The van der Waals surface area contributed by atoms with Gasteiger partial charge in [-0.3, -0.25) is 0 Å². The van der Waals surface area contributed by atoms with Crippen molar-refractivity contribution >= 4 is 5.97 Å². The van der Waals surface area contributed by atoms with Crippen LogP contribution >= 0.6 is 0 Å². The maximum absolute atomic E-state index is 11.2. The third-order valence-electron chi connectivity index (χ3n) is 2.89. The number of benzene rings is 2. The Balaban J connectivity index is 2.16. The van der Waals surface area contributed by atoms with E-state index in [1.807, 2.05) is 19.9 Å². The van der Waals surface area contributed by atoms with Crippen LogP contribution in [0.25, 0.3) is 0 Å². The Morgan fingerprint density at radius 1 is 1.10 bits per heavy atom. The van der Waals surface area contributed by atoms with Gasteiger partial charge in [-0.05, 0) is 49.7 Å². The molecular weight excluding hydrogens is 268 g/mol. The Morgan fingerprint density at radius 2 is 1.76 bits per heavy atom. The van der Waals surface area contributed by atoms with Gasteiger partial charge in [0.1, 0.15) is 22.8 Å². The molecule has 21 heavy (non-hydrogen) atoms. The number of ether oxygens (including phenoxy) is 2. The van der Waals surface area contributed by atoms with Crippen molar-refractivity contribution < 1.29 is 19.4 Å². The van der Waals surface area contributed by atoms with E-state index in [2.05, 4.69) is 0 Å². The van der Waals surface area contributed by atoms with Crippen LogP contribution in [0.1, 0.15) is 29.3 Å². The van der Waals surface area contributed by atoms with Crippen molar-refractivity contribution in [3.63, 3.8) is 0 Å². The fourth-order valence-electron chi connectivity index (χ4n) is 1.85. The van der Waals surface area contributed by atoms with Gasteiger partial charge in [0, 0.05) is 0 Å². The van der Waals surface area contributed by atoms with E-state index in [0.717, 1.165) is 17.7 Å². The molecule has 0 aliphatic carbocycles. The summed E-state index contributed by atoms with van der Waals surface area (Å²) in [4.78, 5) is 11.2. The largest absolute Gasteiger partial charge is 0.494 e. The topological polar surface area (TPSA) is 55.8 Å². The Labute approximate surface area is 123 Å². The average molecular weight is 286 g/mol. The molecule has 0 saturated heterocycles. The Morgan fingerprint density at radius 3 is 2.38 bits per heavy atom. The van der Waals surface area contributed by atoms with Crippen LogP contribution in [0, 0.1) is 6.92 Å². The van der Waals surface area contributed by atoms with Crippen LogP contribution in [0.5, 0.6) is 17.2 Å². The summed E-state index contributed by atoms with van der Waals surface area (Å²) in [5.74, 6) is 0.670. The maximum Gasteiger partial charge on any atom is 0.339 e. The second-order valence-electron chi connectivity index (χ2n) is 4.73. The molecule has 1 N–H and O–H groups in total. The van der Waals surface area contributed by atoms with Crippen molar-refractivity contribution in [2.45, 2.75) is 20.3 Å². The minimum atomic E-state index is -1.00. The number of carboxylic acid groups (broad SMARTS) is 1. The van der Waals surface area contributed by atoms with Crippen molar-refractivity contribution in [3.8, 4) is 17.2 Å².